The van der Waals surface area contributed by atoms with Crippen LogP contribution in [0.15, 0.2) is 16.6 Å². The Kier molecular flexibility index (Phi) is 12.4. The summed E-state index contributed by atoms with van der Waals surface area (Å²) in [5.41, 5.74) is 1.10. The average molecular weight is 416 g/mol. The quantitative estimate of drug-likeness (QED) is 0.594. The Balaban J connectivity index is 0.00000441. The summed E-state index contributed by atoms with van der Waals surface area (Å²) in [7, 11) is 4.12. The fourth-order valence-corrected chi connectivity index (χ4v) is 2.83. The molecule has 0 saturated heterocycles. The second-order valence-electron chi connectivity index (χ2n) is 5.07. The van der Waals surface area contributed by atoms with E-state index < -0.39 is 0 Å². The van der Waals surface area contributed by atoms with E-state index in [-0.39, 0.29) is 12.4 Å². The number of rotatable bonds is 10. The summed E-state index contributed by atoms with van der Waals surface area (Å²) in [5.74, 6) is 0.676. The van der Waals surface area contributed by atoms with Gasteiger partial charge in [0.15, 0.2) is 5.75 Å². The lowest BCUT2D eigenvalue weighted by molar-refractivity contribution is 0.101. The molecule has 0 aromatic heterocycles. The molecule has 4 nitrogen and oxygen atoms in total. The normalized spacial score (nSPS) is 10.6. The summed E-state index contributed by atoms with van der Waals surface area (Å²) in [6, 6.07) is 3.87. The smallest absolute Gasteiger partial charge is 0.152 e. The minimum Gasteiger partial charge on any atom is -0.488 e. The number of ether oxygens (including phenoxy) is 2. The molecule has 0 saturated carbocycles. The van der Waals surface area contributed by atoms with E-state index >= 15 is 0 Å². The van der Waals surface area contributed by atoms with Gasteiger partial charge in [0.1, 0.15) is 6.61 Å². The van der Waals surface area contributed by atoms with E-state index in [9.17, 15) is 0 Å². The fourth-order valence-electron chi connectivity index (χ4n) is 1.70. The molecule has 0 amide bonds. The predicted octanol–water partition coefficient (Wildman–Crippen LogP) is 3.38. The van der Waals surface area contributed by atoms with Crippen molar-refractivity contribution in [2.75, 3.05) is 53.6 Å². The van der Waals surface area contributed by atoms with Gasteiger partial charge in [0.2, 0.25) is 0 Å². The lowest BCUT2D eigenvalue weighted by atomic mass is 10.2. The number of nitrogens with zero attached hydrogens (tertiary/aromatic N) is 1. The molecule has 1 aromatic carbocycles. The maximum Gasteiger partial charge on any atom is 0.152 e. The van der Waals surface area contributed by atoms with Crippen LogP contribution in [-0.2, 0) is 4.74 Å². The average Bonchev–Trinajstić information content (AvgIpc) is 2.38. The van der Waals surface area contributed by atoms with Crippen LogP contribution in [0, 0.1) is 6.92 Å². The number of aryl methyl sites for hydroxylation is 1. The molecule has 0 radical (unpaired) electrons. The lowest BCUT2D eigenvalue weighted by Crippen LogP contribution is -2.29. The van der Waals surface area contributed by atoms with Gasteiger partial charge in [-0.15, -0.1) is 12.4 Å². The lowest BCUT2D eigenvalue weighted by Gasteiger charge is -2.12. The van der Waals surface area contributed by atoms with Gasteiger partial charge in [0.25, 0.3) is 0 Å². The van der Waals surface area contributed by atoms with Crippen molar-refractivity contribution < 1.29 is 9.47 Å². The first-order chi connectivity index (χ1) is 10.0. The predicted molar refractivity (Wildman–Crippen MR) is 98.9 cm³/mol. The Hall–Kier alpha value is -0.0400. The maximum absolute atomic E-state index is 6.15. The first-order valence-corrected chi connectivity index (χ1v) is 8.19. The molecule has 1 aromatic rings. The number of halogens is 3. The van der Waals surface area contributed by atoms with Gasteiger partial charge >= 0.3 is 0 Å². The van der Waals surface area contributed by atoms with Gasteiger partial charge in [-0.1, -0.05) is 11.6 Å². The molecule has 0 atom stereocenters. The molecule has 7 heteroatoms. The molecule has 0 aliphatic heterocycles. The third kappa shape index (κ3) is 9.18. The molecule has 0 aliphatic rings. The van der Waals surface area contributed by atoms with Crippen molar-refractivity contribution in [2.24, 2.45) is 0 Å². The highest BCUT2D eigenvalue weighted by Gasteiger charge is 2.07. The Morgan fingerprint density at radius 3 is 2.55 bits per heavy atom. The van der Waals surface area contributed by atoms with Crippen LogP contribution in [0.4, 0.5) is 0 Å². The molecule has 128 valence electrons. The Bertz CT molecular complexity index is 411. The minimum absolute atomic E-state index is 0. The van der Waals surface area contributed by atoms with Gasteiger partial charge < -0.3 is 19.7 Å². The van der Waals surface area contributed by atoms with Crippen LogP contribution in [0.25, 0.3) is 0 Å². The Morgan fingerprint density at radius 1 is 1.18 bits per heavy atom. The van der Waals surface area contributed by atoms with Crippen LogP contribution in [0.3, 0.4) is 0 Å². The van der Waals surface area contributed by atoms with Gasteiger partial charge in [0.05, 0.1) is 22.7 Å². The van der Waals surface area contributed by atoms with Gasteiger partial charge in [-0.05, 0) is 54.6 Å². The van der Waals surface area contributed by atoms with E-state index in [4.69, 9.17) is 21.1 Å². The second kappa shape index (κ2) is 12.4. The zero-order valence-electron chi connectivity index (χ0n) is 13.3. The van der Waals surface area contributed by atoms with E-state index in [1.165, 1.54) is 0 Å². The van der Waals surface area contributed by atoms with Crippen molar-refractivity contribution in [3.8, 4) is 5.75 Å². The fraction of sp³-hybridized carbons (Fsp3) is 0.600. The molecule has 0 unspecified atom stereocenters. The molecule has 0 heterocycles. The topological polar surface area (TPSA) is 33.7 Å². The first kappa shape index (κ1) is 22.0. The van der Waals surface area contributed by atoms with Crippen LogP contribution in [0.1, 0.15) is 5.56 Å². The zero-order valence-corrected chi connectivity index (χ0v) is 16.5. The molecule has 0 fully saturated rings. The highest BCUT2D eigenvalue weighted by atomic mass is 79.9. The molecule has 1 N–H and O–H groups in total. The van der Waals surface area contributed by atoms with E-state index in [1.54, 1.807) is 0 Å². The van der Waals surface area contributed by atoms with E-state index in [0.29, 0.717) is 30.6 Å². The van der Waals surface area contributed by atoms with Gasteiger partial charge in [-0.25, -0.2) is 0 Å². The molecular formula is C15H25BrCl2N2O2. The van der Waals surface area contributed by atoms with Crippen molar-refractivity contribution in [1.82, 2.24) is 10.2 Å². The second-order valence-corrected chi connectivity index (χ2v) is 6.33. The van der Waals surface area contributed by atoms with Gasteiger partial charge in [-0.3, -0.25) is 0 Å². The SMILES string of the molecule is Cc1cc(Cl)c(OCCOCCNCCN(C)C)c(Br)c1.Cl. The Morgan fingerprint density at radius 2 is 1.91 bits per heavy atom. The van der Waals surface area contributed by atoms with Crippen molar-refractivity contribution >= 4 is 39.9 Å². The minimum atomic E-state index is 0. The molecule has 0 spiro atoms. The highest BCUT2D eigenvalue weighted by Crippen LogP contribution is 2.34. The van der Waals surface area contributed by atoms with Gasteiger partial charge in [-0.2, -0.15) is 0 Å². The summed E-state index contributed by atoms with van der Waals surface area (Å²) < 4.78 is 12.0. The highest BCUT2D eigenvalue weighted by molar-refractivity contribution is 9.10. The van der Waals surface area contributed by atoms with E-state index in [0.717, 1.165) is 29.7 Å². The van der Waals surface area contributed by atoms with Gasteiger partial charge in [0, 0.05) is 19.6 Å². The van der Waals surface area contributed by atoms with E-state index in [2.05, 4.69) is 40.2 Å². The standard InChI is InChI=1S/C15H24BrClN2O2.ClH/c1-12-10-13(16)15(14(17)11-12)21-9-8-20-7-5-18-4-6-19(2)3;/h10-11,18H,4-9H2,1-3H3;1H. The molecule has 0 bridgehead atoms. The molecular weight excluding hydrogens is 391 g/mol. The Labute approximate surface area is 153 Å². The molecule has 22 heavy (non-hydrogen) atoms. The van der Waals surface area contributed by atoms with Crippen molar-refractivity contribution in [1.29, 1.82) is 0 Å². The van der Waals surface area contributed by atoms with Crippen LogP contribution >= 0.6 is 39.9 Å². The third-order valence-corrected chi connectivity index (χ3v) is 3.65. The van der Waals surface area contributed by atoms with Crippen molar-refractivity contribution in [3.05, 3.63) is 27.2 Å². The number of nitrogens with one attached hydrogen (secondary N) is 1. The summed E-state index contributed by atoms with van der Waals surface area (Å²) >= 11 is 9.60. The largest absolute Gasteiger partial charge is 0.488 e. The molecule has 0 aliphatic carbocycles. The summed E-state index contributed by atoms with van der Waals surface area (Å²) in [6.07, 6.45) is 0. The monoisotopic (exact) mass is 414 g/mol. The van der Waals surface area contributed by atoms with Crippen molar-refractivity contribution in [2.45, 2.75) is 6.92 Å². The van der Waals surface area contributed by atoms with Crippen LogP contribution in [0.2, 0.25) is 5.02 Å². The van der Waals surface area contributed by atoms with Crippen LogP contribution in [-0.4, -0.2) is 58.5 Å². The summed E-state index contributed by atoms with van der Waals surface area (Å²) in [5, 5.41) is 3.93. The molecule has 1 rings (SSSR count). The van der Waals surface area contributed by atoms with Crippen LogP contribution < -0.4 is 10.1 Å². The number of hydrogen-bond acceptors (Lipinski definition) is 4. The van der Waals surface area contributed by atoms with Crippen molar-refractivity contribution in [3.63, 3.8) is 0 Å². The summed E-state index contributed by atoms with van der Waals surface area (Å²) in [4.78, 5) is 2.14. The number of hydrogen-bond donors (Lipinski definition) is 1. The number of benzene rings is 1. The first-order valence-electron chi connectivity index (χ1n) is 7.02. The zero-order chi connectivity index (χ0) is 15.7. The number of likely N-dealkylation sites (N-methyl/N-ethyl adjacent to an activating group) is 1. The van der Waals surface area contributed by atoms with E-state index in [1.807, 2.05) is 19.1 Å². The summed E-state index contributed by atoms with van der Waals surface area (Å²) in [6.45, 7) is 6.56. The van der Waals surface area contributed by atoms with Crippen LogP contribution in [0.5, 0.6) is 5.75 Å². The third-order valence-electron chi connectivity index (χ3n) is 2.78. The maximum atomic E-state index is 6.15.